The topological polar surface area (TPSA) is 21.3 Å². The highest BCUT2D eigenvalue weighted by atomic mass is 79.9. The van der Waals surface area contributed by atoms with Gasteiger partial charge in [-0.05, 0) is 69.6 Å². The van der Waals surface area contributed by atoms with E-state index in [1.54, 1.807) is 0 Å². The fourth-order valence-electron chi connectivity index (χ4n) is 2.89. The van der Waals surface area contributed by atoms with Crippen LogP contribution in [-0.4, -0.2) is 25.3 Å². The summed E-state index contributed by atoms with van der Waals surface area (Å²) in [6.45, 7) is 9.62. The summed E-state index contributed by atoms with van der Waals surface area (Å²) in [7, 11) is 0. The van der Waals surface area contributed by atoms with Gasteiger partial charge in [0, 0.05) is 29.8 Å². The zero-order chi connectivity index (χ0) is 15.3. The molecule has 0 spiro atoms. The van der Waals surface area contributed by atoms with Gasteiger partial charge < -0.3 is 10.1 Å². The third kappa shape index (κ3) is 6.09. The van der Waals surface area contributed by atoms with Crippen molar-refractivity contribution in [2.75, 3.05) is 19.8 Å². The molecule has 1 aliphatic heterocycles. The predicted octanol–water partition coefficient (Wildman–Crippen LogP) is 4.74. The molecule has 1 fully saturated rings. The molecule has 1 heterocycles. The van der Waals surface area contributed by atoms with E-state index in [1.165, 1.54) is 24.8 Å². The van der Waals surface area contributed by atoms with E-state index in [2.05, 4.69) is 66.3 Å². The van der Waals surface area contributed by atoms with E-state index in [1.807, 2.05) is 0 Å². The maximum atomic E-state index is 5.50. The summed E-state index contributed by atoms with van der Waals surface area (Å²) in [4.78, 5) is 0. The normalized spacial score (nSPS) is 18.7. The molecule has 1 aliphatic rings. The molecule has 0 aliphatic carbocycles. The Morgan fingerprint density at radius 1 is 1.19 bits per heavy atom. The van der Waals surface area contributed by atoms with E-state index in [9.17, 15) is 0 Å². The van der Waals surface area contributed by atoms with Crippen LogP contribution in [0.2, 0.25) is 0 Å². The molecule has 1 N–H and O–H groups in total. The van der Waals surface area contributed by atoms with Crippen LogP contribution in [0.1, 0.15) is 51.5 Å². The SMILES string of the molecule is CC(C)(C)NCC(CC1CCOCC1)c1ccc(Br)cc1. The van der Waals surface area contributed by atoms with Crippen molar-refractivity contribution < 1.29 is 4.74 Å². The average molecular weight is 354 g/mol. The molecule has 3 heteroatoms. The lowest BCUT2D eigenvalue weighted by Crippen LogP contribution is -2.39. The first-order valence-corrected chi connectivity index (χ1v) is 8.81. The van der Waals surface area contributed by atoms with Crippen LogP contribution in [0.4, 0.5) is 0 Å². The number of hydrogen-bond acceptors (Lipinski definition) is 2. The Hall–Kier alpha value is -0.380. The summed E-state index contributed by atoms with van der Waals surface area (Å²) in [5.74, 6) is 1.38. The van der Waals surface area contributed by atoms with Crippen molar-refractivity contribution in [3.05, 3.63) is 34.3 Å². The average Bonchev–Trinajstić information content (AvgIpc) is 2.45. The van der Waals surface area contributed by atoms with Crippen LogP contribution in [-0.2, 0) is 4.74 Å². The van der Waals surface area contributed by atoms with E-state index in [4.69, 9.17) is 4.74 Å². The number of rotatable bonds is 5. The second-order valence-corrected chi connectivity index (χ2v) is 8.09. The van der Waals surface area contributed by atoms with Gasteiger partial charge in [0.25, 0.3) is 0 Å². The summed E-state index contributed by atoms with van der Waals surface area (Å²) < 4.78 is 6.65. The summed E-state index contributed by atoms with van der Waals surface area (Å²) in [5.41, 5.74) is 1.62. The van der Waals surface area contributed by atoms with E-state index >= 15 is 0 Å². The first kappa shape index (κ1) is 17.0. The quantitative estimate of drug-likeness (QED) is 0.825. The van der Waals surface area contributed by atoms with Gasteiger partial charge in [-0.2, -0.15) is 0 Å². The van der Waals surface area contributed by atoms with Gasteiger partial charge in [0.2, 0.25) is 0 Å². The molecule has 0 radical (unpaired) electrons. The summed E-state index contributed by atoms with van der Waals surface area (Å²) in [6.07, 6.45) is 3.68. The predicted molar refractivity (Wildman–Crippen MR) is 92.8 cm³/mol. The molecule has 1 aromatic rings. The Kier molecular flexibility index (Phi) is 6.27. The van der Waals surface area contributed by atoms with Gasteiger partial charge >= 0.3 is 0 Å². The molecule has 1 atom stereocenters. The van der Waals surface area contributed by atoms with Crippen molar-refractivity contribution in [3.63, 3.8) is 0 Å². The van der Waals surface area contributed by atoms with Gasteiger partial charge in [-0.25, -0.2) is 0 Å². The molecule has 1 aromatic carbocycles. The maximum Gasteiger partial charge on any atom is 0.0468 e. The van der Waals surface area contributed by atoms with Crippen LogP contribution < -0.4 is 5.32 Å². The molecule has 0 bridgehead atoms. The minimum Gasteiger partial charge on any atom is -0.381 e. The minimum absolute atomic E-state index is 0.170. The van der Waals surface area contributed by atoms with Crippen molar-refractivity contribution >= 4 is 15.9 Å². The molecule has 2 nitrogen and oxygen atoms in total. The summed E-state index contributed by atoms with van der Waals surface area (Å²) in [5, 5.41) is 3.68. The van der Waals surface area contributed by atoms with Crippen LogP contribution >= 0.6 is 15.9 Å². The van der Waals surface area contributed by atoms with Gasteiger partial charge in [-0.3, -0.25) is 0 Å². The van der Waals surface area contributed by atoms with Gasteiger partial charge in [0.1, 0.15) is 0 Å². The van der Waals surface area contributed by atoms with E-state index < -0.39 is 0 Å². The van der Waals surface area contributed by atoms with E-state index in [0.717, 1.165) is 30.1 Å². The third-order valence-electron chi connectivity index (χ3n) is 4.18. The van der Waals surface area contributed by atoms with E-state index in [-0.39, 0.29) is 5.54 Å². The molecular formula is C18H28BrNO. The maximum absolute atomic E-state index is 5.50. The first-order chi connectivity index (χ1) is 9.94. The van der Waals surface area contributed by atoms with E-state index in [0.29, 0.717) is 5.92 Å². The number of nitrogens with one attached hydrogen (secondary N) is 1. The van der Waals surface area contributed by atoms with Gasteiger partial charge in [-0.1, -0.05) is 28.1 Å². The Bertz CT molecular complexity index is 418. The molecule has 1 unspecified atom stereocenters. The highest BCUT2D eigenvalue weighted by Crippen LogP contribution is 2.30. The van der Waals surface area contributed by atoms with Crippen LogP contribution in [0.15, 0.2) is 28.7 Å². The highest BCUT2D eigenvalue weighted by Gasteiger charge is 2.22. The van der Waals surface area contributed by atoms with Crippen molar-refractivity contribution in [1.82, 2.24) is 5.32 Å². The lowest BCUT2D eigenvalue weighted by Gasteiger charge is -2.30. The molecule has 21 heavy (non-hydrogen) atoms. The Morgan fingerprint density at radius 3 is 2.38 bits per heavy atom. The largest absolute Gasteiger partial charge is 0.381 e. The monoisotopic (exact) mass is 353 g/mol. The summed E-state index contributed by atoms with van der Waals surface area (Å²) in [6, 6.07) is 8.84. The number of benzene rings is 1. The lowest BCUT2D eigenvalue weighted by atomic mass is 9.84. The number of hydrogen-bond donors (Lipinski definition) is 1. The van der Waals surface area contributed by atoms with Crippen molar-refractivity contribution in [1.29, 1.82) is 0 Å². The third-order valence-corrected chi connectivity index (χ3v) is 4.71. The molecule has 118 valence electrons. The Morgan fingerprint density at radius 2 is 1.81 bits per heavy atom. The van der Waals surface area contributed by atoms with Crippen molar-refractivity contribution in [2.45, 2.75) is 51.5 Å². The Labute approximate surface area is 137 Å². The molecule has 0 amide bonds. The summed E-state index contributed by atoms with van der Waals surface area (Å²) >= 11 is 3.53. The lowest BCUT2D eigenvalue weighted by molar-refractivity contribution is 0.0614. The second kappa shape index (κ2) is 7.75. The highest BCUT2D eigenvalue weighted by molar-refractivity contribution is 9.10. The number of ether oxygens (including phenoxy) is 1. The van der Waals surface area contributed by atoms with Crippen LogP contribution in [0.5, 0.6) is 0 Å². The fourth-order valence-corrected chi connectivity index (χ4v) is 3.15. The van der Waals surface area contributed by atoms with Crippen molar-refractivity contribution in [2.24, 2.45) is 5.92 Å². The van der Waals surface area contributed by atoms with Crippen LogP contribution in [0, 0.1) is 5.92 Å². The van der Waals surface area contributed by atoms with Gasteiger partial charge in [-0.15, -0.1) is 0 Å². The molecular weight excluding hydrogens is 326 g/mol. The molecule has 0 aromatic heterocycles. The Balaban J connectivity index is 2.03. The van der Waals surface area contributed by atoms with Gasteiger partial charge in [0.05, 0.1) is 0 Å². The molecule has 0 saturated carbocycles. The molecule has 2 rings (SSSR count). The zero-order valence-corrected chi connectivity index (χ0v) is 15.1. The van der Waals surface area contributed by atoms with Crippen molar-refractivity contribution in [3.8, 4) is 0 Å². The minimum atomic E-state index is 0.170. The number of halogens is 1. The standard InChI is InChI=1S/C18H28BrNO/c1-18(2,3)20-13-16(12-14-8-10-21-11-9-14)15-4-6-17(19)7-5-15/h4-7,14,16,20H,8-13H2,1-3H3. The second-order valence-electron chi connectivity index (χ2n) is 7.17. The van der Waals surface area contributed by atoms with Crippen LogP contribution in [0.25, 0.3) is 0 Å². The first-order valence-electron chi connectivity index (χ1n) is 8.02. The van der Waals surface area contributed by atoms with Crippen LogP contribution in [0.3, 0.4) is 0 Å². The molecule has 1 saturated heterocycles. The zero-order valence-electron chi connectivity index (χ0n) is 13.5. The smallest absolute Gasteiger partial charge is 0.0468 e. The fraction of sp³-hybridized carbons (Fsp3) is 0.667. The van der Waals surface area contributed by atoms with Gasteiger partial charge in [0.15, 0.2) is 0 Å².